The molecule has 0 radical (unpaired) electrons. The van der Waals surface area contributed by atoms with Crippen molar-refractivity contribution in [2.24, 2.45) is 7.05 Å². The number of rotatable bonds is 6. The molecule has 0 aliphatic heterocycles. The summed E-state index contributed by atoms with van der Waals surface area (Å²) in [5.41, 5.74) is 6.43. The summed E-state index contributed by atoms with van der Waals surface area (Å²) in [5.74, 6) is -0.493. The first-order chi connectivity index (χ1) is 8.35. The summed E-state index contributed by atoms with van der Waals surface area (Å²) >= 11 is 0. The van der Waals surface area contributed by atoms with E-state index in [1.807, 2.05) is 0 Å². The van der Waals surface area contributed by atoms with Gasteiger partial charge >= 0.3 is 0 Å². The Labute approximate surface area is 106 Å². The van der Waals surface area contributed by atoms with E-state index >= 15 is 0 Å². The van der Waals surface area contributed by atoms with Crippen LogP contribution in [-0.4, -0.2) is 37.7 Å². The number of nitrogen functional groups attached to an aromatic ring is 1. The molecule has 8 heteroatoms. The Morgan fingerprint density at radius 2 is 2.17 bits per heavy atom. The molecule has 0 fully saturated rings. The number of amides is 1. The van der Waals surface area contributed by atoms with Crippen molar-refractivity contribution in [3.05, 3.63) is 18.0 Å². The van der Waals surface area contributed by atoms with Crippen LogP contribution in [0.4, 0.5) is 5.69 Å². The highest BCUT2D eigenvalue weighted by Crippen LogP contribution is 2.07. The number of nitrogens with two attached hydrogens (primary N) is 1. The number of carbonyl (C=O) groups excluding carboxylic acids is 1. The summed E-state index contributed by atoms with van der Waals surface area (Å²) in [6.07, 6.45) is 1.62. The molecule has 102 valence electrons. The molecule has 0 saturated heterocycles. The lowest BCUT2D eigenvalue weighted by Crippen LogP contribution is -2.34. The molecule has 1 aromatic rings. The van der Waals surface area contributed by atoms with Gasteiger partial charge in [-0.25, -0.2) is 13.1 Å². The molecule has 1 heterocycles. The molecule has 1 amide bonds. The Kier molecular flexibility index (Phi) is 4.74. The summed E-state index contributed by atoms with van der Waals surface area (Å²) in [6, 6.07) is 1.54. The predicted molar refractivity (Wildman–Crippen MR) is 69.6 cm³/mol. The van der Waals surface area contributed by atoms with Crippen molar-refractivity contribution in [1.29, 1.82) is 0 Å². The highest BCUT2D eigenvalue weighted by atomic mass is 32.2. The minimum Gasteiger partial charge on any atom is -0.397 e. The monoisotopic (exact) mass is 274 g/mol. The molecule has 0 aliphatic carbocycles. The third-order valence-electron chi connectivity index (χ3n) is 2.28. The van der Waals surface area contributed by atoms with Crippen LogP contribution in [0.15, 0.2) is 12.3 Å². The number of nitrogens with zero attached hydrogens (tertiary/aromatic N) is 1. The average Bonchev–Trinajstić information content (AvgIpc) is 2.57. The molecule has 0 saturated carbocycles. The number of carbonyl (C=O) groups is 1. The number of hydrogen-bond donors (Lipinski definition) is 3. The molecule has 18 heavy (non-hydrogen) atoms. The second kappa shape index (κ2) is 5.87. The van der Waals surface area contributed by atoms with Crippen molar-refractivity contribution in [3.8, 4) is 0 Å². The van der Waals surface area contributed by atoms with Gasteiger partial charge in [-0.3, -0.25) is 4.79 Å². The van der Waals surface area contributed by atoms with Crippen LogP contribution in [-0.2, 0) is 17.1 Å². The van der Waals surface area contributed by atoms with Crippen LogP contribution in [0.5, 0.6) is 0 Å². The summed E-state index contributed by atoms with van der Waals surface area (Å²) in [4.78, 5) is 11.7. The van der Waals surface area contributed by atoms with Gasteiger partial charge in [0.25, 0.3) is 5.91 Å². The van der Waals surface area contributed by atoms with Crippen LogP contribution in [0.1, 0.15) is 17.4 Å². The first kappa shape index (κ1) is 14.5. The first-order valence-corrected chi connectivity index (χ1v) is 7.18. The summed E-state index contributed by atoms with van der Waals surface area (Å²) in [6.45, 7) is 2.09. The number of aromatic nitrogens is 1. The molecule has 0 aromatic carbocycles. The van der Waals surface area contributed by atoms with E-state index in [-0.39, 0.29) is 18.2 Å². The highest BCUT2D eigenvalue weighted by molar-refractivity contribution is 7.89. The summed E-state index contributed by atoms with van der Waals surface area (Å²) < 4.78 is 26.6. The lowest BCUT2D eigenvalue weighted by molar-refractivity contribution is 0.0948. The maximum Gasteiger partial charge on any atom is 0.268 e. The summed E-state index contributed by atoms with van der Waals surface area (Å²) in [7, 11) is -1.62. The zero-order chi connectivity index (χ0) is 13.8. The number of nitrogens with one attached hydrogen (secondary N) is 2. The minimum absolute atomic E-state index is 0.0548. The Hall–Kier alpha value is -1.54. The maximum absolute atomic E-state index is 11.7. The number of sulfonamides is 1. The van der Waals surface area contributed by atoms with Crippen LogP contribution in [0.25, 0.3) is 0 Å². The van der Waals surface area contributed by atoms with Gasteiger partial charge in [-0.15, -0.1) is 0 Å². The zero-order valence-electron chi connectivity index (χ0n) is 10.4. The molecule has 7 nitrogen and oxygen atoms in total. The fourth-order valence-electron chi connectivity index (χ4n) is 1.50. The molecule has 0 unspecified atom stereocenters. The maximum atomic E-state index is 11.7. The predicted octanol–water partition coefficient (Wildman–Crippen LogP) is -0.724. The number of anilines is 1. The minimum atomic E-state index is -3.31. The molecule has 1 rings (SSSR count). The van der Waals surface area contributed by atoms with Gasteiger partial charge in [0.1, 0.15) is 5.69 Å². The fraction of sp³-hybridized carbons (Fsp3) is 0.500. The van der Waals surface area contributed by atoms with E-state index in [1.54, 1.807) is 24.7 Å². The van der Waals surface area contributed by atoms with E-state index in [1.165, 1.54) is 6.07 Å². The Morgan fingerprint density at radius 3 is 2.67 bits per heavy atom. The Balaban J connectivity index is 2.50. The second-order valence-electron chi connectivity index (χ2n) is 3.84. The first-order valence-electron chi connectivity index (χ1n) is 5.53. The molecule has 0 spiro atoms. The molecular weight excluding hydrogens is 256 g/mol. The van der Waals surface area contributed by atoms with Crippen molar-refractivity contribution >= 4 is 21.6 Å². The van der Waals surface area contributed by atoms with Crippen molar-refractivity contribution in [2.45, 2.75) is 6.92 Å². The number of aryl methyl sites for hydroxylation is 1. The SMILES string of the molecule is CCNS(=O)(=O)CCNC(=O)c1cc(N)cn1C. The molecule has 0 aliphatic rings. The van der Waals surface area contributed by atoms with Crippen LogP contribution in [0.3, 0.4) is 0 Å². The van der Waals surface area contributed by atoms with E-state index < -0.39 is 10.0 Å². The van der Waals surface area contributed by atoms with Gasteiger partial charge < -0.3 is 15.6 Å². The highest BCUT2D eigenvalue weighted by Gasteiger charge is 2.12. The average molecular weight is 274 g/mol. The third-order valence-corrected chi connectivity index (χ3v) is 3.75. The molecule has 4 N–H and O–H groups in total. The summed E-state index contributed by atoms with van der Waals surface area (Å²) in [5, 5.41) is 2.53. The van der Waals surface area contributed by atoms with Crippen LogP contribution in [0, 0.1) is 0 Å². The van der Waals surface area contributed by atoms with Crippen molar-refractivity contribution < 1.29 is 13.2 Å². The van der Waals surface area contributed by atoms with E-state index in [2.05, 4.69) is 10.0 Å². The van der Waals surface area contributed by atoms with Gasteiger partial charge in [-0.2, -0.15) is 0 Å². The molecular formula is C10H18N4O3S. The standard InChI is InChI=1S/C10H18N4O3S/c1-3-13-18(16,17)5-4-12-10(15)9-6-8(11)7-14(9)2/h6-7,13H,3-5,11H2,1-2H3,(H,12,15). The van der Waals surface area contributed by atoms with Gasteiger partial charge in [0.15, 0.2) is 0 Å². The van der Waals surface area contributed by atoms with Crippen molar-refractivity contribution in [1.82, 2.24) is 14.6 Å². The quantitative estimate of drug-likeness (QED) is 0.636. The normalized spacial score (nSPS) is 11.4. The lowest BCUT2D eigenvalue weighted by Gasteiger charge is -2.07. The zero-order valence-corrected chi connectivity index (χ0v) is 11.3. The topological polar surface area (TPSA) is 106 Å². The van der Waals surface area contributed by atoms with Crippen LogP contribution < -0.4 is 15.8 Å². The molecule has 0 bridgehead atoms. The van der Waals surface area contributed by atoms with E-state index in [4.69, 9.17) is 5.73 Å². The second-order valence-corrected chi connectivity index (χ2v) is 5.77. The van der Waals surface area contributed by atoms with E-state index in [9.17, 15) is 13.2 Å². The Bertz CT molecular complexity index is 521. The van der Waals surface area contributed by atoms with E-state index in [0.29, 0.717) is 17.9 Å². The third kappa shape index (κ3) is 4.04. The van der Waals surface area contributed by atoms with Gasteiger partial charge in [0.2, 0.25) is 10.0 Å². The van der Waals surface area contributed by atoms with E-state index in [0.717, 1.165) is 0 Å². The molecule has 0 atom stereocenters. The molecule has 1 aromatic heterocycles. The van der Waals surface area contributed by atoms with Crippen molar-refractivity contribution in [3.63, 3.8) is 0 Å². The Morgan fingerprint density at radius 1 is 1.50 bits per heavy atom. The van der Waals surface area contributed by atoms with Crippen LogP contribution in [0.2, 0.25) is 0 Å². The number of hydrogen-bond acceptors (Lipinski definition) is 4. The van der Waals surface area contributed by atoms with Crippen molar-refractivity contribution in [2.75, 3.05) is 24.6 Å². The largest absolute Gasteiger partial charge is 0.397 e. The fourth-order valence-corrected chi connectivity index (χ4v) is 2.45. The van der Waals surface area contributed by atoms with Crippen LogP contribution >= 0.6 is 0 Å². The lowest BCUT2D eigenvalue weighted by atomic mass is 10.4. The smallest absolute Gasteiger partial charge is 0.268 e. The van der Waals surface area contributed by atoms with Gasteiger partial charge in [0.05, 0.1) is 11.4 Å². The van der Waals surface area contributed by atoms with Gasteiger partial charge in [-0.1, -0.05) is 6.92 Å². The van der Waals surface area contributed by atoms with Gasteiger partial charge in [-0.05, 0) is 6.07 Å². The van der Waals surface area contributed by atoms with Gasteiger partial charge in [0, 0.05) is 26.3 Å².